The summed E-state index contributed by atoms with van der Waals surface area (Å²) in [7, 11) is 0. The molecule has 0 saturated carbocycles. The Bertz CT molecular complexity index is 1210. The van der Waals surface area contributed by atoms with Crippen LogP contribution in [0.15, 0.2) is 57.9 Å². The lowest BCUT2D eigenvalue weighted by molar-refractivity contribution is 0.0338. The van der Waals surface area contributed by atoms with Crippen molar-refractivity contribution in [2.24, 2.45) is 0 Å². The Morgan fingerprint density at radius 3 is 1.98 bits per heavy atom. The number of benzene rings is 2. The summed E-state index contributed by atoms with van der Waals surface area (Å²) in [6, 6.07) is 13.6. The van der Waals surface area contributed by atoms with Crippen LogP contribution in [-0.2, 0) is 11.3 Å². The Labute approximate surface area is 259 Å². The molecule has 0 aliphatic carbocycles. The van der Waals surface area contributed by atoms with Gasteiger partial charge >= 0.3 is 0 Å². The molecule has 0 unspecified atom stereocenters. The molecule has 5 nitrogen and oxygen atoms in total. The van der Waals surface area contributed by atoms with Crippen molar-refractivity contribution in [1.29, 1.82) is 0 Å². The van der Waals surface area contributed by atoms with Crippen molar-refractivity contribution in [3.8, 4) is 16.9 Å². The third-order valence-corrected chi connectivity index (χ3v) is 8.33. The molecule has 0 spiro atoms. The van der Waals surface area contributed by atoms with Gasteiger partial charge in [-0.2, -0.15) is 0 Å². The van der Waals surface area contributed by atoms with E-state index in [2.05, 4.69) is 11.8 Å². The zero-order chi connectivity index (χ0) is 28.5. The van der Waals surface area contributed by atoms with E-state index in [0.717, 1.165) is 49.6 Å². The summed E-state index contributed by atoms with van der Waals surface area (Å²) in [6.45, 7) is 6.82. The van der Waals surface area contributed by atoms with Gasteiger partial charge in [-0.3, -0.25) is 9.69 Å². The summed E-state index contributed by atoms with van der Waals surface area (Å²) in [5, 5.41) is 0.610. The Balaban J connectivity index is 0.00000484. The molecule has 1 aliphatic heterocycles. The average molecular weight is 598 g/mol. The molecule has 0 amide bonds. The van der Waals surface area contributed by atoms with Crippen LogP contribution in [0.25, 0.3) is 22.1 Å². The van der Waals surface area contributed by atoms with Crippen LogP contribution in [0.4, 0.5) is 0 Å². The largest absolute Gasteiger partial charge is 0.493 e. The van der Waals surface area contributed by atoms with Crippen molar-refractivity contribution in [3.05, 3.63) is 64.5 Å². The van der Waals surface area contributed by atoms with Crippen molar-refractivity contribution < 1.29 is 13.9 Å². The van der Waals surface area contributed by atoms with Gasteiger partial charge in [0.15, 0.2) is 0 Å². The van der Waals surface area contributed by atoms with E-state index in [-0.39, 0.29) is 17.8 Å². The predicted molar refractivity (Wildman–Crippen MR) is 177 cm³/mol. The standard InChI is InChI=1S/C36H51NO4.ClH/c1-2-3-4-5-6-7-8-9-10-11-12-13-14-18-25-40-34-22-21-31-35(38)33(30-19-16-15-17-20-30)29-41-36(31)32(34)28-37-23-26-39-27-24-37;/h15-17,19-22,29H,2-14,18,23-28H2,1H3;1H. The monoisotopic (exact) mass is 597 g/mol. The van der Waals surface area contributed by atoms with Crippen molar-refractivity contribution >= 4 is 23.4 Å². The maximum atomic E-state index is 13.5. The molecule has 2 heterocycles. The molecule has 0 radical (unpaired) electrons. The van der Waals surface area contributed by atoms with E-state index in [1.54, 1.807) is 6.26 Å². The topological polar surface area (TPSA) is 51.9 Å². The third kappa shape index (κ3) is 10.7. The number of hydrogen-bond acceptors (Lipinski definition) is 5. The Morgan fingerprint density at radius 2 is 1.36 bits per heavy atom. The molecular weight excluding hydrogens is 546 g/mol. The highest BCUT2D eigenvalue weighted by Gasteiger charge is 2.20. The Morgan fingerprint density at radius 1 is 0.762 bits per heavy atom. The normalized spacial score (nSPS) is 13.7. The van der Waals surface area contributed by atoms with Crippen molar-refractivity contribution in [2.75, 3.05) is 32.9 Å². The Hall–Kier alpha value is -2.34. The van der Waals surface area contributed by atoms with Crippen LogP contribution in [-0.4, -0.2) is 37.8 Å². The van der Waals surface area contributed by atoms with Gasteiger partial charge in [0.1, 0.15) is 17.6 Å². The van der Waals surface area contributed by atoms with Crippen molar-refractivity contribution in [1.82, 2.24) is 4.90 Å². The fourth-order valence-electron chi connectivity index (χ4n) is 5.80. The number of ether oxygens (including phenoxy) is 2. The molecule has 2 aromatic carbocycles. The summed E-state index contributed by atoms with van der Waals surface area (Å²) in [6.07, 6.45) is 20.4. The number of fused-ring (bicyclic) bond motifs is 1. The van der Waals surface area contributed by atoms with Crippen LogP contribution in [0.5, 0.6) is 5.75 Å². The van der Waals surface area contributed by atoms with Crippen LogP contribution < -0.4 is 10.2 Å². The number of nitrogens with zero attached hydrogens (tertiary/aromatic N) is 1. The van der Waals surface area contributed by atoms with Crippen molar-refractivity contribution in [2.45, 2.75) is 103 Å². The van der Waals surface area contributed by atoms with Crippen LogP contribution >= 0.6 is 12.4 Å². The predicted octanol–water partition coefficient (Wildman–Crippen LogP) is 9.57. The molecule has 0 N–H and O–H groups in total. The van der Waals surface area contributed by atoms with E-state index < -0.39 is 0 Å². The van der Waals surface area contributed by atoms with Gasteiger partial charge in [0.25, 0.3) is 0 Å². The molecule has 1 aliphatic rings. The first-order valence-corrected chi connectivity index (χ1v) is 16.3. The van der Waals surface area contributed by atoms with E-state index in [1.807, 2.05) is 42.5 Å². The number of rotatable bonds is 19. The zero-order valence-corrected chi connectivity index (χ0v) is 26.6. The first kappa shape index (κ1) is 34.2. The van der Waals surface area contributed by atoms with Gasteiger partial charge in [0.2, 0.25) is 5.43 Å². The van der Waals surface area contributed by atoms with Gasteiger partial charge in [0, 0.05) is 19.6 Å². The summed E-state index contributed by atoms with van der Waals surface area (Å²) in [5.74, 6) is 0.828. The van der Waals surface area contributed by atoms with E-state index in [0.29, 0.717) is 29.7 Å². The summed E-state index contributed by atoms with van der Waals surface area (Å²) in [5.41, 5.74) is 3.06. The molecule has 0 bridgehead atoms. The molecule has 232 valence electrons. The quantitative estimate of drug-likeness (QED) is 0.129. The van der Waals surface area contributed by atoms with Gasteiger partial charge in [-0.1, -0.05) is 121 Å². The minimum absolute atomic E-state index is 0. The van der Waals surface area contributed by atoms with E-state index >= 15 is 0 Å². The molecule has 42 heavy (non-hydrogen) atoms. The maximum absolute atomic E-state index is 13.5. The minimum Gasteiger partial charge on any atom is -0.493 e. The fraction of sp³-hybridized carbons (Fsp3) is 0.583. The highest BCUT2D eigenvalue weighted by atomic mass is 35.5. The van der Waals surface area contributed by atoms with Gasteiger partial charge in [-0.05, 0) is 24.1 Å². The third-order valence-electron chi connectivity index (χ3n) is 8.33. The second-order valence-electron chi connectivity index (χ2n) is 11.6. The van der Waals surface area contributed by atoms with Gasteiger partial charge < -0.3 is 13.9 Å². The van der Waals surface area contributed by atoms with E-state index in [9.17, 15) is 4.79 Å². The minimum atomic E-state index is -0.000740. The molecule has 4 rings (SSSR count). The highest BCUT2D eigenvalue weighted by molar-refractivity contribution is 5.86. The molecule has 0 atom stereocenters. The SMILES string of the molecule is CCCCCCCCCCCCCCCCOc1ccc2c(=O)c(-c3ccccc3)coc2c1CN1CCOCC1.Cl. The van der Waals surface area contributed by atoms with Crippen molar-refractivity contribution in [3.63, 3.8) is 0 Å². The number of hydrogen-bond donors (Lipinski definition) is 0. The molecule has 1 aromatic heterocycles. The summed E-state index contributed by atoms with van der Waals surface area (Å²) >= 11 is 0. The second kappa shape index (κ2) is 19.8. The van der Waals surface area contributed by atoms with E-state index in [4.69, 9.17) is 13.9 Å². The number of halogens is 1. The molecule has 1 fully saturated rings. The molecular formula is C36H52ClNO4. The van der Waals surface area contributed by atoms with Crippen LogP contribution in [0.1, 0.15) is 102 Å². The molecule has 6 heteroatoms. The smallest absolute Gasteiger partial charge is 0.200 e. The summed E-state index contributed by atoms with van der Waals surface area (Å²) < 4.78 is 18.1. The number of morpholine rings is 1. The maximum Gasteiger partial charge on any atom is 0.200 e. The van der Waals surface area contributed by atoms with Crippen LogP contribution in [0.3, 0.4) is 0 Å². The van der Waals surface area contributed by atoms with Gasteiger partial charge in [-0.15, -0.1) is 12.4 Å². The van der Waals surface area contributed by atoms with Crippen LogP contribution in [0, 0.1) is 0 Å². The molecule has 3 aromatic rings. The number of unbranched alkanes of at least 4 members (excludes halogenated alkanes) is 13. The first-order valence-electron chi connectivity index (χ1n) is 16.3. The first-order chi connectivity index (χ1) is 20.3. The lowest BCUT2D eigenvalue weighted by atomic mass is 10.0. The Kier molecular flexibility index (Phi) is 16.1. The zero-order valence-electron chi connectivity index (χ0n) is 25.7. The van der Waals surface area contributed by atoms with Gasteiger partial charge in [-0.25, -0.2) is 0 Å². The lowest BCUT2D eigenvalue weighted by Crippen LogP contribution is -2.35. The fourth-order valence-corrected chi connectivity index (χ4v) is 5.80. The molecule has 1 saturated heterocycles. The lowest BCUT2D eigenvalue weighted by Gasteiger charge is -2.27. The highest BCUT2D eigenvalue weighted by Crippen LogP contribution is 2.30. The van der Waals surface area contributed by atoms with Crippen LogP contribution in [0.2, 0.25) is 0 Å². The average Bonchev–Trinajstić information content (AvgIpc) is 3.01. The second-order valence-corrected chi connectivity index (χ2v) is 11.6. The van der Waals surface area contributed by atoms with Gasteiger partial charge in [0.05, 0.1) is 36.3 Å². The van der Waals surface area contributed by atoms with E-state index in [1.165, 1.54) is 83.5 Å². The summed E-state index contributed by atoms with van der Waals surface area (Å²) in [4.78, 5) is 15.8.